The van der Waals surface area contributed by atoms with E-state index in [4.69, 9.17) is 10.4 Å². The molecule has 1 aromatic carbocycles. The molecule has 0 unspecified atom stereocenters. The molecule has 0 radical (unpaired) electrons. The summed E-state index contributed by atoms with van der Waals surface area (Å²) in [5.41, 5.74) is 0.633. The van der Waals surface area contributed by atoms with Crippen LogP contribution in [0.25, 0.3) is 0 Å². The van der Waals surface area contributed by atoms with Gasteiger partial charge in [-0.25, -0.2) is 4.39 Å². The van der Waals surface area contributed by atoms with E-state index in [0.29, 0.717) is 5.56 Å². The van der Waals surface area contributed by atoms with Crippen LogP contribution in [0.4, 0.5) is 4.39 Å². The number of nitrogens with one attached hydrogen (secondary N) is 1. The van der Waals surface area contributed by atoms with Gasteiger partial charge >= 0.3 is 5.97 Å². The highest BCUT2D eigenvalue weighted by atomic mass is 19.1. The molecule has 1 aromatic rings. The molecule has 0 bridgehead atoms. The van der Waals surface area contributed by atoms with Gasteiger partial charge in [0.2, 0.25) is 0 Å². The number of hydrogen-bond acceptors (Lipinski definition) is 3. The number of nitrogens with zero attached hydrogens (tertiary/aromatic N) is 1. The summed E-state index contributed by atoms with van der Waals surface area (Å²) in [6, 6.07) is 5.15. The van der Waals surface area contributed by atoms with Gasteiger partial charge in [-0.15, -0.1) is 0 Å². The van der Waals surface area contributed by atoms with Gasteiger partial charge in [0.15, 0.2) is 0 Å². The minimum atomic E-state index is -0.956. The summed E-state index contributed by atoms with van der Waals surface area (Å²) in [6.07, 6.45) is 0. The molecule has 0 heterocycles. The number of hydrogen-bond donors (Lipinski definition) is 2. The molecule has 84 valence electrons. The van der Waals surface area contributed by atoms with Crippen LogP contribution in [0, 0.1) is 17.1 Å². The summed E-state index contributed by atoms with van der Waals surface area (Å²) in [5.74, 6) is -1.53. The Bertz CT molecular complexity index is 440. The van der Waals surface area contributed by atoms with E-state index < -0.39 is 17.8 Å². The first kappa shape index (κ1) is 12.1. The predicted molar refractivity (Wildman–Crippen MR) is 55.1 cm³/mol. The zero-order valence-electron chi connectivity index (χ0n) is 8.70. The van der Waals surface area contributed by atoms with Gasteiger partial charge in [0.05, 0.1) is 5.56 Å². The van der Waals surface area contributed by atoms with E-state index in [9.17, 15) is 9.18 Å². The molecule has 4 nitrogen and oxygen atoms in total. The minimum absolute atomic E-state index is 0.0396. The van der Waals surface area contributed by atoms with Crippen LogP contribution >= 0.6 is 0 Å². The highest BCUT2D eigenvalue weighted by Crippen LogP contribution is 2.09. The molecule has 0 fully saturated rings. The largest absolute Gasteiger partial charge is 0.480 e. The molecular formula is C11H11FN2O2. The number of carboxylic acid groups (broad SMARTS) is 1. The number of benzene rings is 1. The Balaban J connectivity index is 2.69. The second-order valence-corrected chi connectivity index (χ2v) is 3.37. The van der Waals surface area contributed by atoms with Crippen molar-refractivity contribution in [3.05, 3.63) is 35.1 Å². The van der Waals surface area contributed by atoms with Crippen molar-refractivity contribution in [2.75, 3.05) is 0 Å². The molecule has 2 N–H and O–H groups in total. The smallest absolute Gasteiger partial charge is 0.320 e. The van der Waals surface area contributed by atoms with Gasteiger partial charge in [-0.3, -0.25) is 4.79 Å². The molecule has 0 aliphatic rings. The Morgan fingerprint density at radius 2 is 2.38 bits per heavy atom. The molecule has 0 aliphatic heterocycles. The topological polar surface area (TPSA) is 73.1 Å². The van der Waals surface area contributed by atoms with Crippen molar-refractivity contribution in [2.24, 2.45) is 0 Å². The maximum absolute atomic E-state index is 13.0. The van der Waals surface area contributed by atoms with Crippen LogP contribution in [0.5, 0.6) is 0 Å². The van der Waals surface area contributed by atoms with Crippen LogP contribution in [0.3, 0.4) is 0 Å². The summed E-state index contributed by atoms with van der Waals surface area (Å²) in [4.78, 5) is 10.5. The highest BCUT2D eigenvalue weighted by molar-refractivity contribution is 5.72. The minimum Gasteiger partial charge on any atom is -0.480 e. The van der Waals surface area contributed by atoms with Gasteiger partial charge in [-0.05, 0) is 24.6 Å². The Morgan fingerprint density at radius 3 is 2.94 bits per heavy atom. The number of rotatable bonds is 4. The Hall–Kier alpha value is -1.93. The van der Waals surface area contributed by atoms with E-state index in [1.54, 1.807) is 6.07 Å². The molecule has 5 heteroatoms. The molecule has 0 saturated heterocycles. The average Bonchev–Trinajstić information content (AvgIpc) is 2.27. The lowest BCUT2D eigenvalue weighted by atomic mass is 10.1. The summed E-state index contributed by atoms with van der Waals surface area (Å²) in [5, 5.41) is 20.0. The third-order valence-electron chi connectivity index (χ3n) is 2.13. The Labute approximate surface area is 92.3 Å². The number of carbonyl (C=O) groups is 1. The van der Waals surface area contributed by atoms with Crippen LogP contribution in [-0.2, 0) is 11.3 Å². The quantitative estimate of drug-likeness (QED) is 0.804. The van der Waals surface area contributed by atoms with Crippen molar-refractivity contribution in [1.29, 1.82) is 5.26 Å². The van der Waals surface area contributed by atoms with Crippen molar-refractivity contribution in [1.82, 2.24) is 5.32 Å². The summed E-state index contributed by atoms with van der Waals surface area (Å²) >= 11 is 0. The summed E-state index contributed by atoms with van der Waals surface area (Å²) < 4.78 is 13.0. The molecule has 1 rings (SSSR count). The third kappa shape index (κ3) is 3.04. The van der Waals surface area contributed by atoms with Crippen molar-refractivity contribution < 1.29 is 14.3 Å². The Morgan fingerprint density at radius 1 is 1.69 bits per heavy atom. The maximum atomic E-state index is 13.0. The lowest BCUT2D eigenvalue weighted by Gasteiger charge is -2.09. The monoisotopic (exact) mass is 222 g/mol. The van der Waals surface area contributed by atoms with Gasteiger partial charge in [-0.1, -0.05) is 6.07 Å². The molecule has 0 spiro atoms. The van der Waals surface area contributed by atoms with Crippen molar-refractivity contribution in [3.63, 3.8) is 0 Å². The molecule has 1 atom stereocenters. The molecular weight excluding hydrogens is 211 g/mol. The average molecular weight is 222 g/mol. The predicted octanol–water partition coefficient (Wildman–Crippen LogP) is 1.26. The fourth-order valence-corrected chi connectivity index (χ4v) is 1.13. The van der Waals surface area contributed by atoms with Crippen LogP contribution in [-0.4, -0.2) is 17.1 Å². The fraction of sp³-hybridized carbons (Fsp3) is 0.273. The lowest BCUT2D eigenvalue weighted by Crippen LogP contribution is -2.33. The SMILES string of the molecule is C[C@H](NCc1ccc(F)c(C#N)c1)C(=O)O. The molecule has 16 heavy (non-hydrogen) atoms. The van der Waals surface area contributed by atoms with Gasteiger partial charge in [0, 0.05) is 6.54 Å². The third-order valence-corrected chi connectivity index (χ3v) is 2.13. The summed E-state index contributed by atoms with van der Waals surface area (Å²) in [7, 11) is 0. The first-order valence-corrected chi connectivity index (χ1v) is 4.69. The van der Waals surface area contributed by atoms with Crippen LogP contribution in [0.1, 0.15) is 18.1 Å². The first-order valence-electron chi connectivity index (χ1n) is 4.69. The maximum Gasteiger partial charge on any atom is 0.320 e. The van der Waals surface area contributed by atoms with Gasteiger partial charge in [-0.2, -0.15) is 5.26 Å². The number of nitriles is 1. The second kappa shape index (κ2) is 5.24. The number of halogens is 1. The number of aliphatic carboxylic acids is 1. The van der Waals surface area contributed by atoms with Crippen LogP contribution in [0.15, 0.2) is 18.2 Å². The standard InChI is InChI=1S/C11H11FN2O2/c1-7(11(15)16)14-6-8-2-3-10(12)9(4-8)5-13/h2-4,7,14H,6H2,1H3,(H,15,16)/t7-/m0/s1. The zero-order valence-corrected chi connectivity index (χ0v) is 8.70. The van der Waals surface area contributed by atoms with Crippen LogP contribution < -0.4 is 5.32 Å². The van der Waals surface area contributed by atoms with Crippen molar-refractivity contribution in [3.8, 4) is 6.07 Å². The van der Waals surface area contributed by atoms with Gasteiger partial charge in [0.1, 0.15) is 17.9 Å². The first-order chi connectivity index (χ1) is 7.54. The van der Waals surface area contributed by atoms with Gasteiger partial charge < -0.3 is 10.4 Å². The van der Waals surface area contributed by atoms with E-state index >= 15 is 0 Å². The van der Waals surface area contributed by atoms with E-state index in [1.165, 1.54) is 25.1 Å². The Kier molecular flexibility index (Phi) is 3.97. The van der Waals surface area contributed by atoms with E-state index in [2.05, 4.69) is 5.32 Å². The molecule has 0 aliphatic carbocycles. The number of carboxylic acids is 1. The van der Waals surface area contributed by atoms with Crippen LogP contribution in [0.2, 0.25) is 0 Å². The second-order valence-electron chi connectivity index (χ2n) is 3.37. The fourth-order valence-electron chi connectivity index (χ4n) is 1.13. The van der Waals surface area contributed by atoms with Gasteiger partial charge in [0.25, 0.3) is 0 Å². The molecule has 0 aromatic heterocycles. The van der Waals surface area contributed by atoms with Crippen molar-refractivity contribution >= 4 is 5.97 Å². The molecule has 0 amide bonds. The van der Waals surface area contributed by atoms with Crippen molar-refractivity contribution in [2.45, 2.75) is 19.5 Å². The normalized spacial score (nSPS) is 11.8. The van der Waals surface area contributed by atoms with E-state index in [1.807, 2.05) is 0 Å². The lowest BCUT2D eigenvalue weighted by molar-refractivity contribution is -0.139. The highest BCUT2D eigenvalue weighted by Gasteiger charge is 2.10. The summed E-state index contributed by atoms with van der Waals surface area (Å²) in [6.45, 7) is 1.79. The zero-order chi connectivity index (χ0) is 12.1. The molecule has 0 saturated carbocycles. The van der Waals surface area contributed by atoms with E-state index in [-0.39, 0.29) is 12.1 Å². The van der Waals surface area contributed by atoms with E-state index in [0.717, 1.165) is 0 Å².